The van der Waals surface area contributed by atoms with Crippen LogP contribution < -0.4 is 10.9 Å². The number of benzene rings is 1. The number of para-hydroxylation sites is 1. The molecule has 1 heterocycles. The highest BCUT2D eigenvalue weighted by atomic mass is 16.2. The predicted octanol–water partition coefficient (Wildman–Crippen LogP) is 1.50. The monoisotopic (exact) mass is 257 g/mol. The highest BCUT2D eigenvalue weighted by molar-refractivity contribution is 5.90. The van der Waals surface area contributed by atoms with Crippen LogP contribution in [0.15, 0.2) is 41.2 Å². The van der Waals surface area contributed by atoms with Crippen LogP contribution in [-0.2, 0) is 11.3 Å². The first-order chi connectivity index (χ1) is 9.06. The van der Waals surface area contributed by atoms with Gasteiger partial charge in [-0.1, -0.05) is 18.2 Å². The molecule has 19 heavy (non-hydrogen) atoms. The summed E-state index contributed by atoms with van der Waals surface area (Å²) < 4.78 is 1.17. The minimum atomic E-state index is -0.274. The van der Waals surface area contributed by atoms with Crippen molar-refractivity contribution in [3.05, 3.63) is 58.0 Å². The molecule has 1 aromatic carbocycles. The Morgan fingerprint density at radius 2 is 1.95 bits per heavy atom. The number of carbonyl (C=O) groups excluding carboxylic acids is 1. The van der Waals surface area contributed by atoms with Gasteiger partial charge in [-0.3, -0.25) is 9.59 Å². The number of rotatable bonds is 3. The molecule has 0 bridgehead atoms. The Balaban J connectivity index is 2.12. The van der Waals surface area contributed by atoms with Gasteiger partial charge in [-0.2, -0.15) is 5.10 Å². The quantitative estimate of drug-likeness (QED) is 0.906. The molecule has 0 fully saturated rings. The van der Waals surface area contributed by atoms with E-state index in [-0.39, 0.29) is 18.0 Å². The van der Waals surface area contributed by atoms with Crippen molar-refractivity contribution >= 4 is 11.6 Å². The van der Waals surface area contributed by atoms with E-state index in [9.17, 15) is 9.59 Å². The molecule has 2 rings (SSSR count). The van der Waals surface area contributed by atoms with Crippen molar-refractivity contribution in [1.29, 1.82) is 0 Å². The first kappa shape index (κ1) is 13.0. The van der Waals surface area contributed by atoms with Crippen LogP contribution >= 0.6 is 0 Å². The van der Waals surface area contributed by atoms with Crippen LogP contribution in [0.4, 0.5) is 5.69 Å². The normalized spacial score (nSPS) is 10.2. The second-order valence-electron chi connectivity index (χ2n) is 4.32. The molecule has 1 amide bonds. The average molecular weight is 257 g/mol. The highest BCUT2D eigenvalue weighted by Crippen LogP contribution is 2.04. The molecule has 0 aliphatic heterocycles. The molecule has 1 N–H and O–H groups in total. The van der Waals surface area contributed by atoms with E-state index in [1.54, 1.807) is 19.1 Å². The number of nitrogens with zero attached hydrogens (tertiary/aromatic N) is 2. The number of hydrogen-bond donors (Lipinski definition) is 1. The molecule has 98 valence electrons. The largest absolute Gasteiger partial charge is 0.324 e. The summed E-state index contributed by atoms with van der Waals surface area (Å²) in [5.41, 5.74) is 1.99. The Bertz CT molecular complexity index is 647. The summed E-state index contributed by atoms with van der Waals surface area (Å²) in [7, 11) is 0. The van der Waals surface area contributed by atoms with Crippen molar-refractivity contribution in [3.63, 3.8) is 0 Å². The van der Waals surface area contributed by atoms with E-state index in [0.717, 1.165) is 11.3 Å². The molecule has 0 aliphatic carbocycles. The van der Waals surface area contributed by atoms with Crippen LogP contribution in [0.2, 0.25) is 0 Å². The highest BCUT2D eigenvalue weighted by Gasteiger charge is 2.07. The lowest BCUT2D eigenvalue weighted by molar-refractivity contribution is -0.117. The van der Waals surface area contributed by atoms with Crippen LogP contribution in [0, 0.1) is 13.8 Å². The van der Waals surface area contributed by atoms with Gasteiger partial charge >= 0.3 is 0 Å². The van der Waals surface area contributed by atoms with Gasteiger partial charge in [-0.25, -0.2) is 4.68 Å². The number of aryl methyl sites for hydroxylation is 2. The fraction of sp³-hybridized carbons (Fsp3) is 0.214. The van der Waals surface area contributed by atoms with Gasteiger partial charge in [0.05, 0.1) is 5.69 Å². The van der Waals surface area contributed by atoms with Crippen molar-refractivity contribution in [2.75, 3.05) is 5.32 Å². The van der Waals surface area contributed by atoms with Gasteiger partial charge in [0, 0.05) is 11.8 Å². The van der Waals surface area contributed by atoms with Gasteiger partial charge in [-0.05, 0) is 31.5 Å². The lowest BCUT2D eigenvalue weighted by Gasteiger charge is -2.08. The Morgan fingerprint density at radius 3 is 2.63 bits per heavy atom. The Morgan fingerprint density at radius 1 is 1.26 bits per heavy atom. The van der Waals surface area contributed by atoms with Gasteiger partial charge in [0.15, 0.2) is 0 Å². The second kappa shape index (κ2) is 5.48. The van der Waals surface area contributed by atoms with Gasteiger partial charge in [-0.15, -0.1) is 0 Å². The number of nitrogens with one attached hydrogen (secondary N) is 1. The summed E-state index contributed by atoms with van der Waals surface area (Å²) in [6.45, 7) is 3.54. The van der Waals surface area contributed by atoms with E-state index in [1.807, 2.05) is 25.1 Å². The first-order valence-electron chi connectivity index (χ1n) is 5.96. The predicted molar refractivity (Wildman–Crippen MR) is 73.0 cm³/mol. The Hall–Kier alpha value is -2.43. The topological polar surface area (TPSA) is 64.0 Å². The summed E-state index contributed by atoms with van der Waals surface area (Å²) >= 11 is 0. The molecule has 0 aliphatic rings. The van der Waals surface area contributed by atoms with E-state index in [0.29, 0.717) is 5.69 Å². The van der Waals surface area contributed by atoms with Crippen LogP contribution in [0.3, 0.4) is 0 Å². The fourth-order valence-electron chi connectivity index (χ4n) is 1.64. The standard InChI is InChI=1S/C14H15N3O2/c1-10-8-14(19)17(16-11(10)2)9-13(18)15-12-6-4-3-5-7-12/h3-8H,9H2,1-2H3,(H,15,18). The van der Waals surface area contributed by atoms with Gasteiger partial charge in [0.1, 0.15) is 6.54 Å². The first-order valence-corrected chi connectivity index (χ1v) is 5.96. The van der Waals surface area contributed by atoms with E-state index >= 15 is 0 Å². The number of amides is 1. The molecule has 0 saturated heterocycles. The SMILES string of the molecule is Cc1cc(=O)n(CC(=O)Nc2ccccc2)nc1C. The fourth-order valence-corrected chi connectivity index (χ4v) is 1.64. The number of hydrogen-bond acceptors (Lipinski definition) is 3. The number of carbonyl (C=O) groups is 1. The molecule has 0 saturated carbocycles. The minimum absolute atomic E-state index is 0.0884. The third-order valence-electron chi connectivity index (χ3n) is 2.79. The van der Waals surface area contributed by atoms with E-state index in [2.05, 4.69) is 10.4 Å². The van der Waals surface area contributed by atoms with Gasteiger partial charge < -0.3 is 5.32 Å². The number of aromatic nitrogens is 2. The van der Waals surface area contributed by atoms with E-state index < -0.39 is 0 Å². The van der Waals surface area contributed by atoms with Crippen LogP contribution in [0.25, 0.3) is 0 Å². The molecule has 2 aromatic rings. The maximum atomic E-state index is 11.8. The lowest BCUT2D eigenvalue weighted by Crippen LogP contribution is -2.30. The summed E-state index contributed by atoms with van der Waals surface area (Å²) in [5, 5.41) is 6.81. The maximum absolute atomic E-state index is 11.8. The van der Waals surface area contributed by atoms with Crippen LogP contribution in [-0.4, -0.2) is 15.7 Å². The van der Waals surface area contributed by atoms with E-state index in [4.69, 9.17) is 0 Å². The van der Waals surface area contributed by atoms with Crippen molar-refractivity contribution < 1.29 is 4.79 Å². The minimum Gasteiger partial charge on any atom is -0.324 e. The summed E-state index contributed by atoms with van der Waals surface area (Å²) in [5.74, 6) is -0.274. The maximum Gasteiger partial charge on any atom is 0.267 e. The summed E-state index contributed by atoms with van der Waals surface area (Å²) in [6, 6.07) is 10.6. The Kier molecular flexibility index (Phi) is 3.75. The van der Waals surface area contributed by atoms with Crippen molar-refractivity contribution in [2.24, 2.45) is 0 Å². The number of anilines is 1. The zero-order valence-electron chi connectivity index (χ0n) is 10.9. The molecule has 0 atom stereocenters. The van der Waals surface area contributed by atoms with Crippen LogP contribution in [0.1, 0.15) is 11.3 Å². The molecule has 0 unspecified atom stereocenters. The van der Waals surface area contributed by atoms with Gasteiger partial charge in [0.2, 0.25) is 5.91 Å². The molecule has 1 aromatic heterocycles. The average Bonchev–Trinajstić information content (AvgIpc) is 2.37. The van der Waals surface area contributed by atoms with Crippen molar-refractivity contribution in [2.45, 2.75) is 20.4 Å². The zero-order chi connectivity index (χ0) is 13.8. The third kappa shape index (κ3) is 3.28. The Labute approximate surface area is 110 Å². The molecular formula is C14H15N3O2. The molecule has 0 radical (unpaired) electrons. The smallest absolute Gasteiger partial charge is 0.267 e. The van der Waals surface area contributed by atoms with E-state index in [1.165, 1.54) is 10.7 Å². The molecule has 5 heteroatoms. The van der Waals surface area contributed by atoms with Crippen LogP contribution in [0.5, 0.6) is 0 Å². The molecular weight excluding hydrogens is 242 g/mol. The van der Waals surface area contributed by atoms with Crippen molar-refractivity contribution in [3.8, 4) is 0 Å². The third-order valence-corrected chi connectivity index (χ3v) is 2.79. The zero-order valence-corrected chi connectivity index (χ0v) is 10.9. The van der Waals surface area contributed by atoms with Crippen molar-refractivity contribution in [1.82, 2.24) is 9.78 Å². The molecule has 5 nitrogen and oxygen atoms in total. The summed E-state index contributed by atoms with van der Waals surface area (Å²) in [6.07, 6.45) is 0. The van der Waals surface area contributed by atoms with Gasteiger partial charge in [0.25, 0.3) is 5.56 Å². The lowest BCUT2D eigenvalue weighted by atomic mass is 10.2. The second-order valence-corrected chi connectivity index (χ2v) is 4.32. The summed E-state index contributed by atoms with van der Waals surface area (Å²) in [4.78, 5) is 23.5. The molecule has 0 spiro atoms.